The minimum atomic E-state index is -1.13. The van der Waals surface area contributed by atoms with E-state index >= 15 is 0 Å². The van der Waals surface area contributed by atoms with E-state index in [1.807, 2.05) is 0 Å². The van der Waals surface area contributed by atoms with E-state index in [9.17, 15) is 19.7 Å². The van der Waals surface area contributed by atoms with Gasteiger partial charge in [-0.2, -0.15) is 4.68 Å². The lowest BCUT2D eigenvalue weighted by atomic mass is 10.3. The molecule has 9 heteroatoms. The number of nitro groups is 1. The Kier molecular flexibility index (Phi) is 3.97. The molecule has 0 aliphatic rings. The fraction of sp³-hybridized carbons (Fsp3) is 0.444. The number of hydrogen-bond acceptors (Lipinski definition) is 5. The van der Waals surface area contributed by atoms with Crippen molar-refractivity contribution in [3.8, 4) is 0 Å². The van der Waals surface area contributed by atoms with Crippen molar-refractivity contribution in [2.75, 3.05) is 7.05 Å². The van der Waals surface area contributed by atoms with Crippen LogP contribution in [-0.2, 0) is 16.1 Å². The van der Waals surface area contributed by atoms with Gasteiger partial charge in [-0.1, -0.05) is 0 Å². The fourth-order valence-electron chi connectivity index (χ4n) is 1.17. The van der Waals surface area contributed by atoms with Crippen molar-refractivity contribution >= 4 is 17.7 Å². The Labute approximate surface area is 102 Å². The molecule has 0 saturated heterocycles. The topological polar surface area (TPSA) is 119 Å². The van der Waals surface area contributed by atoms with E-state index < -0.39 is 22.8 Å². The van der Waals surface area contributed by atoms with Crippen LogP contribution in [-0.4, -0.2) is 49.7 Å². The van der Waals surface area contributed by atoms with Gasteiger partial charge in [0.2, 0.25) is 5.91 Å². The van der Waals surface area contributed by atoms with Crippen molar-refractivity contribution in [1.82, 2.24) is 14.7 Å². The van der Waals surface area contributed by atoms with Gasteiger partial charge in [0.05, 0.1) is 17.4 Å². The first kappa shape index (κ1) is 13.6. The highest BCUT2D eigenvalue weighted by Gasteiger charge is 2.23. The largest absolute Gasteiger partial charge is 0.480 e. The molecule has 0 fully saturated rings. The summed E-state index contributed by atoms with van der Waals surface area (Å²) in [5, 5.41) is 22.7. The number of likely N-dealkylation sites (N-methyl/N-ethyl adjacent to an activating group) is 1. The van der Waals surface area contributed by atoms with E-state index in [-0.39, 0.29) is 12.4 Å². The van der Waals surface area contributed by atoms with Crippen LogP contribution in [0.25, 0.3) is 0 Å². The number of hydrogen-bond donors (Lipinski definition) is 1. The molecule has 18 heavy (non-hydrogen) atoms. The van der Waals surface area contributed by atoms with Crippen molar-refractivity contribution in [1.29, 1.82) is 0 Å². The van der Waals surface area contributed by atoms with Gasteiger partial charge >= 0.3 is 11.8 Å². The summed E-state index contributed by atoms with van der Waals surface area (Å²) in [5.41, 5.74) is 0. The zero-order valence-electron chi connectivity index (χ0n) is 9.81. The second kappa shape index (κ2) is 5.25. The van der Waals surface area contributed by atoms with E-state index in [0.29, 0.717) is 0 Å². The lowest BCUT2D eigenvalue weighted by molar-refractivity contribution is -0.389. The summed E-state index contributed by atoms with van der Waals surface area (Å²) >= 11 is 0. The molecule has 1 amide bonds. The van der Waals surface area contributed by atoms with Crippen LogP contribution in [0.1, 0.15) is 6.92 Å². The molecule has 98 valence electrons. The monoisotopic (exact) mass is 256 g/mol. The predicted octanol–water partition coefficient (Wildman–Crippen LogP) is -0.277. The maximum absolute atomic E-state index is 11.7. The van der Waals surface area contributed by atoms with Crippen LogP contribution in [0.4, 0.5) is 5.82 Å². The molecule has 1 rings (SSSR count). The van der Waals surface area contributed by atoms with Crippen LogP contribution in [0.2, 0.25) is 0 Å². The Balaban J connectivity index is 2.69. The molecule has 1 aromatic heterocycles. The first-order valence-corrected chi connectivity index (χ1v) is 4.99. The molecule has 0 bridgehead atoms. The number of carboxylic acids is 1. The van der Waals surface area contributed by atoms with Crippen LogP contribution in [0.3, 0.4) is 0 Å². The third-order valence-electron chi connectivity index (χ3n) is 2.44. The van der Waals surface area contributed by atoms with Gasteiger partial charge in [0.1, 0.15) is 12.6 Å². The minimum Gasteiger partial charge on any atom is -0.480 e. The smallest absolute Gasteiger partial charge is 0.389 e. The average molecular weight is 256 g/mol. The van der Waals surface area contributed by atoms with Crippen molar-refractivity contribution < 1.29 is 19.6 Å². The van der Waals surface area contributed by atoms with Crippen molar-refractivity contribution in [3.05, 3.63) is 22.4 Å². The highest BCUT2D eigenvalue weighted by atomic mass is 16.6. The van der Waals surface area contributed by atoms with Gasteiger partial charge in [0, 0.05) is 7.05 Å². The molecule has 9 nitrogen and oxygen atoms in total. The van der Waals surface area contributed by atoms with Crippen LogP contribution in [0.15, 0.2) is 12.3 Å². The molecular formula is C9H12N4O5. The number of carboxylic acid groups (broad SMARTS) is 1. The van der Waals surface area contributed by atoms with E-state index in [2.05, 4.69) is 5.10 Å². The van der Waals surface area contributed by atoms with Crippen molar-refractivity contribution in [3.63, 3.8) is 0 Å². The van der Waals surface area contributed by atoms with Gasteiger partial charge in [-0.15, -0.1) is 0 Å². The number of rotatable bonds is 5. The molecule has 1 unspecified atom stereocenters. The molecule has 0 radical (unpaired) electrons. The number of aromatic nitrogens is 2. The first-order valence-electron chi connectivity index (χ1n) is 4.99. The second-order valence-electron chi connectivity index (χ2n) is 3.65. The maximum atomic E-state index is 11.7. The summed E-state index contributed by atoms with van der Waals surface area (Å²) in [6, 6.07) is 0.191. The standard InChI is InChI=1S/C9H12N4O5/c1-6(9(15)16)11(2)8(14)5-12-4-3-7(10-12)13(17)18/h3-4,6H,5H2,1-2H3,(H,15,16). The highest BCUT2D eigenvalue weighted by molar-refractivity contribution is 5.82. The predicted molar refractivity (Wildman–Crippen MR) is 58.7 cm³/mol. The number of carbonyl (C=O) groups is 2. The quantitative estimate of drug-likeness (QED) is 0.571. The summed E-state index contributed by atoms with van der Waals surface area (Å²) in [6.45, 7) is 1.12. The Morgan fingerprint density at radius 2 is 2.28 bits per heavy atom. The van der Waals surface area contributed by atoms with Crippen LogP contribution < -0.4 is 0 Å². The van der Waals surface area contributed by atoms with Gasteiger partial charge in [-0.3, -0.25) is 4.79 Å². The molecule has 0 aliphatic heterocycles. The van der Waals surface area contributed by atoms with E-state index in [0.717, 1.165) is 15.6 Å². The van der Waals surface area contributed by atoms with Gasteiger partial charge in [0.15, 0.2) is 0 Å². The Morgan fingerprint density at radius 1 is 1.67 bits per heavy atom. The van der Waals surface area contributed by atoms with Gasteiger partial charge in [-0.25, -0.2) is 4.79 Å². The third kappa shape index (κ3) is 3.03. The normalized spacial score (nSPS) is 11.9. The Bertz CT molecular complexity index is 483. The average Bonchev–Trinajstić information content (AvgIpc) is 2.75. The number of carbonyl (C=O) groups excluding carboxylic acids is 1. The molecule has 0 aromatic carbocycles. The summed E-state index contributed by atoms with van der Waals surface area (Å²) < 4.78 is 1.09. The van der Waals surface area contributed by atoms with Crippen LogP contribution in [0.5, 0.6) is 0 Å². The molecule has 1 aromatic rings. The summed E-state index contributed by atoms with van der Waals surface area (Å²) in [6.07, 6.45) is 1.29. The number of amides is 1. The van der Waals surface area contributed by atoms with E-state index in [4.69, 9.17) is 5.11 Å². The summed E-state index contributed by atoms with van der Waals surface area (Å²) in [5.74, 6) is -1.99. The van der Waals surface area contributed by atoms with E-state index in [1.54, 1.807) is 0 Å². The van der Waals surface area contributed by atoms with Gasteiger partial charge < -0.3 is 20.1 Å². The molecule has 0 saturated carbocycles. The number of aliphatic carboxylic acids is 1. The lowest BCUT2D eigenvalue weighted by Crippen LogP contribution is -2.41. The molecule has 0 aliphatic carbocycles. The molecule has 0 spiro atoms. The molecular weight excluding hydrogens is 244 g/mol. The Morgan fingerprint density at radius 3 is 2.72 bits per heavy atom. The second-order valence-corrected chi connectivity index (χ2v) is 3.65. The fourth-order valence-corrected chi connectivity index (χ4v) is 1.17. The first-order chi connectivity index (χ1) is 8.32. The number of nitrogens with zero attached hydrogens (tertiary/aromatic N) is 4. The van der Waals surface area contributed by atoms with Gasteiger partial charge in [-0.05, 0) is 11.8 Å². The lowest BCUT2D eigenvalue weighted by Gasteiger charge is -2.20. The van der Waals surface area contributed by atoms with Crippen molar-refractivity contribution in [2.45, 2.75) is 19.5 Å². The van der Waals surface area contributed by atoms with E-state index in [1.165, 1.54) is 20.2 Å². The summed E-state index contributed by atoms with van der Waals surface area (Å²) in [7, 11) is 1.35. The Hall–Kier alpha value is -2.45. The highest BCUT2D eigenvalue weighted by Crippen LogP contribution is 2.06. The SMILES string of the molecule is CC(C(=O)O)N(C)C(=O)Cn1ccc([N+](=O)[O-])n1. The van der Waals surface area contributed by atoms with Gasteiger partial charge in [0.25, 0.3) is 0 Å². The van der Waals surface area contributed by atoms with Crippen LogP contribution >= 0.6 is 0 Å². The zero-order chi connectivity index (χ0) is 13.9. The third-order valence-corrected chi connectivity index (χ3v) is 2.44. The maximum Gasteiger partial charge on any atom is 0.389 e. The molecule has 1 N–H and O–H groups in total. The molecule has 1 atom stereocenters. The van der Waals surface area contributed by atoms with Crippen molar-refractivity contribution in [2.24, 2.45) is 0 Å². The van der Waals surface area contributed by atoms with Crippen LogP contribution in [0, 0.1) is 10.1 Å². The zero-order valence-corrected chi connectivity index (χ0v) is 9.81. The summed E-state index contributed by atoms with van der Waals surface area (Å²) in [4.78, 5) is 33.1. The molecule has 1 heterocycles. The minimum absolute atomic E-state index is 0.248.